The lowest BCUT2D eigenvalue weighted by Crippen LogP contribution is -2.46. The summed E-state index contributed by atoms with van der Waals surface area (Å²) in [4.78, 5) is 3.18. The molecule has 1 aromatic heterocycles. The van der Waals surface area contributed by atoms with Gasteiger partial charge in [-0.3, -0.25) is 0 Å². The molecule has 2 atom stereocenters. The molecular formula is C24H26ClF3N2O2S. The average molecular weight is 499 g/mol. The Morgan fingerprint density at radius 1 is 1.15 bits per heavy atom. The first-order chi connectivity index (χ1) is 15.4. The molecule has 4 nitrogen and oxygen atoms in total. The first-order valence-electron chi connectivity index (χ1n) is 10.8. The summed E-state index contributed by atoms with van der Waals surface area (Å²) in [5, 5.41) is 1.48. The monoisotopic (exact) mass is 498 g/mol. The summed E-state index contributed by atoms with van der Waals surface area (Å²) in [6, 6.07) is 6.50. The second-order valence-corrected chi connectivity index (χ2v) is 11.1. The summed E-state index contributed by atoms with van der Waals surface area (Å²) < 4.78 is 70.3. The molecule has 0 saturated heterocycles. The van der Waals surface area contributed by atoms with Gasteiger partial charge in [-0.25, -0.2) is 8.42 Å². The lowest BCUT2D eigenvalue weighted by molar-refractivity contribution is -0.153. The van der Waals surface area contributed by atoms with E-state index in [0.29, 0.717) is 22.6 Å². The maximum Gasteiger partial charge on any atom is 0.404 e. The van der Waals surface area contributed by atoms with Crippen LogP contribution in [-0.2, 0) is 16.4 Å². The molecule has 9 heteroatoms. The molecule has 1 heterocycles. The maximum absolute atomic E-state index is 14.1. The Hall–Kier alpha value is -2.03. The molecule has 0 amide bonds. The molecule has 0 fully saturated rings. The number of sulfonamides is 1. The lowest BCUT2D eigenvalue weighted by Gasteiger charge is -2.29. The molecule has 178 valence electrons. The summed E-state index contributed by atoms with van der Waals surface area (Å²) in [5.74, 6) is -0.450. The van der Waals surface area contributed by atoms with E-state index in [2.05, 4.69) is 4.98 Å². The van der Waals surface area contributed by atoms with E-state index < -0.39 is 28.2 Å². The minimum atomic E-state index is -4.73. The van der Waals surface area contributed by atoms with Crippen LogP contribution in [0, 0.1) is 20.8 Å². The topological polar surface area (TPSA) is 62.0 Å². The van der Waals surface area contributed by atoms with Crippen molar-refractivity contribution >= 4 is 32.5 Å². The van der Waals surface area contributed by atoms with E-state index in [1.54, 1.807) is 32.0 Å². The van der Waals surface area contributed by atoms with Crippen LogP contribution in [0.4, 0.5) is 13.2 Å². The Morgan fingerprint density at radius 2 is 1.82 bits per heavy atom. The van der Waals surface area contributed by atoms with Crippen molar-refractivity contribution < 1.29 is 21.6 Å². The van der Waals surface area contributed by atoms with Crippen LogP contribution in [0.1, 0.15) is 53.1 Å². The number of H-pyrrole nitrogens is 1. The van der Waals surface area contributed by atoms with Gasteiger partial charge in [0.2, 0.25) is 10.0 Å². The van der Waals surface area contributed by atoms with Gasteiger partial charge in [-0.15, -0.1) is 0 Å². The number of benzene rings is 2. The predicted octanol–water partition coefficient (Wildman–Crippen LogP) is 6.47. The van der Waals surface area contributed by atoms with Crippen molar-refractivity contribution in [1.82, 2.24) is 9.71 Å². The molecular weight excluding hydrogens is 473 g/mol. The van der Waals surface area contributed by atoms with Gasteiger partial charge in [-0.1, -0.05) is 29.3 Å². The van der Waals surface area contributed by atoms with Crippen LogP contribution in [0.3, 0.4) is 0 Å². The summed E-state index contributed by atoms with van der Waals surface area (Å²) >= 11 is 6.13. The molecule has 2 N–H and O–H groups in total. The van der Waals surface area contributed by atoms with E-state index in [-0.39, 0.29) is 11.3 Å². The first-order valence-corrected chi connectivity index (χ1v) is 12.7. The second kappa shape index (κ2) is 8.64. The second-order valence-electron chi connectivity index (χ2n) is 8.98. The largest absolute Gasteiger partial charge is 0.404 e. The standard InChI is InChI=1S/C24H26ClF3N2O2S/c1-13-9-14(2)23(15(3)10-13)33(31,32)30-21(24(26,27)28)11-16-5-4-6-18-19-12-17(25)7-8-20(19)29-22(16)18/h7-10,12,16,21,29-30H,4-6,11H2,1-3H3. The van der Waals surface area contributed by atoms with Crippen molar-refractivity contribution in [2.24, 2.45) is 0 Å². The van der Waals surface area contributed by atoms with E-state index in [1.807, 2.05) is 23.8 Å². The number of halogens is 4. The van der Waals surface area contributed by atoms with Crippen LogP contribution < -0.4 is 4.72 Å². The molecule has 0 radical (unpaired) electrons. The zero-order valence-electron chi connectivity index (χ0n) is 18.6. The number of aromatic amines is 1. The average Bonchev–Trinajstić information content (AvgIpc) is 3.04. The molecule has 2 unspecified atom stereocenters. The van der Waals surface area contributed by atoms with Gasteiger partial charge in [0.1, 0.15) is 6.04 Å². The van der Waals surface area contributed by atoms with Crippen LogP contribution >= 0.6 is 11.6 Å². The van der Waals surface area contributed by atoms with Crippen LogP contribution in [0.2, 0.25) is 5.02 Å². The van der Waals surface area contributed by atoms with Gasteiger partial charge >= 0.3 is 6.18 Å². The third-order valence-electron chi connectivity index (χ3n) is 6.37. The SMILES string of the molecule is Cc1cc(C)c(S(=O)(=O)NC(CC2CCCc3c2[nH]c2ccc(Cl)cc32)C(F)(F)F)c(C)c1. The van der Waals surface area contributed by atoms with Gasteiger partial charge in [0.25, 0.3) is 0 Å². The van der Waals surface area contributed by atoms with Gasteiger partial charge in [0.05, 0.1) is 4.90 Å². The van der Waals surface area contributed by atoms with E-state index in [4.69, 9.17) is 11.6 Å². The fraction of sp³-hybridized carbons (Fsp3) is 0.417. The highest BCUT2D eigenvalue weighted by atomic mass is 35.5. The van der Waals surface area contributed by atoms with Crippen molar-refractivity contribution in [3.05, 3.63) is 63.3 Å². The quantitative estimate of drug-likeness (QED) is 0.423. The van der Waals surface area contributed by atoms with Gasteiger partial charge in [-0.05, 0) is 81.3 Å². The van der Waals surface area contributed by atoms with E-state index >= 15 is 0 Å². The van der Waals surface area contributed by atoms with Crippen molar-refractivity contribution in [2.75, 3.05) is 0 Å². The van der Waals surface area contributed by atoms with Gasteiger partial charge in [0, 0.05) is 27.5 Å². The summed E-state index contributed by atoms with van der Waals surface area (Å²) in [6.45, 7) is 5.01. The molecule has 4 rings (SSSR count). The predicted molar refractivity (Wildman–Crippen MR) is 124 cm³/mol. The van der Waals surface area contributed by atoms with Crippen LogP contribution in [0.25, 0.3) is 10.9 Å². The number of fused-ring (bicyclic) bond motifs is 3. The Bertz CT molecular complexity index is 1290. The third kappa shape index (κ3) is 4.79. The van der Waals surface area contributed by atoms with Crippen molar-refractivity contribution in [3.8, 4) is 0 Å². The smallest absolute Gasteiger partial charge is 0.358 e. The fourth-order valence-corrected chi connectivity index (χ4v) is 6.99. The van der Waals surface area contributed by atoms with Crippen LogP contribution in [0.15, 0.2) is 35.2 Å². The fourth-order valence-electron chi connectivity index (χ4n) is 5.13. The van der Waals surface area contributed by atoms with E-state index in [0.717, 1.165) is 40.6 Å². The Balaban J connectivity index is 1.68. The normalized spacial score (nSPS) is 17.8. The zero-order valence-corrected chi connectivity index (χ0v) is 20.2. The summed E-state index contributed by atoms with van der Waals surface area (Å²) in [5.41, 5.74) is 4.24. The maximum atomic E-state index is 14.1. The molecule has 0 saturated carbocycles. The van der Waals surface area contributed by atoms with E-state index in [9.17, 15) is 21.6 Å². The number of hydrogen-bond donors (Lipinski definition) is 2. The number of aromatic nitrogens is 1. The Kier molecular flexibility index (Phi) is 6.31. The highest BCUT2D eigenvalue weighted by molar-refractivity contribution is 7.89. The van der Waals surface area contributed by atoms with Crippen molar-refractivity contribution in [3.63, 3.8) is 0 Å². The minimum Gasteiger partial charge on any atom is -0.358 e. The van der Waals surface area contributed by atoms with Crippen LogP contribution in [-0.4, -0.2) is 25.6 Å². The van der Waals surface area contributed by atoms with Crippen LogP contribution in [0.5, 0.6) is 0 Å². The van der Waals surface area contributed by atoms with Crippen molar-refractivity contribution in [1.29, 1.82) is 0 Å². The molecule has 33 heavy (non-hydrogen) atoms. The highest BCUT2D eigenvalue weighted by Gasteiger charge is 2.44. The molecule has 2 aromatic carbocycles. The van der Waals surface area contributed by atoms with Crippen molar-refractivity contribution in [2.45, 2.75) is 69.5 Å². The molecule has 0 bridgehead atoms. The number of aryl methyl sites for hydroxylation is 4. The number of hydrogen-bond acceptors (Lipinski definition) is 2. The Morgan fingerprint density at radius 3 is 2.45 bits per heavy atom. The highest BCUT2D eigenvalue weighted by Crippen LogP contribution is 2.41. The zero-order chi connectivity index (χ0) is 24.1. The molecule has 3 aromatic rings. The van der Waals surface area contributed by atoms with Gasteiger partial charge in [0.15, 0.2) is 0 Å². The minimum absolute atomic E-state index is 0.0908. The first kappa shape index (κ1) is 24.1. The van der Waals surface area contributed by atoms with Gasteiger partial charge in [-0.2, -0.15) is 17.9 Å². The summed E-state index contributed by atoms with van der Waals surface area (Å²) in [6.07, 6.45) is -3.09. The Labute approximate surface area is 196 Å². The molecule has 0 aliphatic heterocycles. The third-order valence-corrected chi connectivity index (χ3v) is 8.39. The number of rotatable bonds is 5. The number of nitrogens with one attached hydrogen (secondary N) is 2. The molecule has 1 aliphatic rings. The molecule has 0 spiro atoms. The summed E-state index contributed by atoms with van der Waals surface area (Å²) in [7, 11) is -4.38. The molecule has 1 aliphatic carbocycles. The van der Waals surface area contributed by atoms with E-state index in [1.165, 1.54) is 0 Å². The lowest BCUT2D eigenvalue weighted by atomic mass is 9.83. The number of alkyl halides is 3. The van der Waals surface area contributed by atoms with Gasteiger partial charge < -0.3 is 4.98 Å².